The Bertz CT molecular complexity index is 1100. The Balaban J connectivity index is 1.81. The van der Waals surface area contributed by atoms with Crippen molar-refractivity contribution in [1.82, 2.24) is 10.3 Å². The summed E-state index contributed by atoms with van der Waals surface area (Å²) in [5, 5.41) is 3.02. The average Bonchev–Trinajstić information content (AvgIpc) is 2.85. The number of carbonyl (C=O) groups is 2. The van der Waals surface area contributed by atoms with Crippen LogP contribution in [0.4, 0.5) is 14.5 Å². The van der Waals surface area contributed by atoms with E-state index in [1.54, 1.807) is 18.2 Å². The third-order valence-corrected chi connectivity index (χ3v) is 5.87. The Kier molecular flexibility index (Phi) is 7.07. The molecule has 7 heteroatoms. The van der Waals surface area contributed by atoms with Gasteiger partial charge in [-0.3, -0.25) is 19.5 Å². The lowest BCUT2D eigenvalue weighted by Crippen LogP contribution is -2.47. The third-order valence-electron chi connectivity index (χ3n) is 5.87. The third kappa shape index (κ3) is 5.25. The van der Waals surface area contributed by atoms with Crippen molar-refractivity contribution in [2.24, 2.45) is 0 Å². The monoisotopic (exact) mass is 449 g/mol. The lowest BCUT2D eigenvalue weighted by Gasteiger charge is -2.33. The molecule has 5 nitrogen and oxygen atoms in total. The molecule has 0 saturated heterocycles. The van der Waals surface area contributed by atoms with Gasteiger partial charge in [-0.2, -0.15) is 0 Å². The Hall–Kier alpha value is -3.61. The van der Waals surface area contributed by atoms with E-state index >= 15 is 0 Å². The highest BCUT2D eigenvalue weighted by Gasteiger charge is 2.36. The minimum Gasteiger partial charge on any atom is -0.351 e. The molecule has 1 atom stereocenters. The van der Waals surface area contributed by atoms with Crippen molar-refractivity contribution in [1.29, 1.82) is 0 Å². The number of carbonyl (C=O) groups excluding carboxylic acids is 2. The van der Waals surface area contributed by atoms with Crippen molar-refractivity contribution in [3.8, 4) is 0 Å². The average molecular weight is 450 g/mol. The molecule has 3 aromatic rings. The summed E-state index contributed by atoms with van der Waals surface area (Å²) in [7, 11) is 0. The van der Waals surface area contributed by atoms with Crippen molar-refractivity contribution >= 4 is 17.5 Å². The summed E-state index contributed by atoms with van der Waals surface area (Å²) in [5.74, 6) is -2.17. The fourth-order valence-corrected chi connectivity index (χ4v) is 4.22. The second-order valence-electron chi connectivity index (χ2n) is 8.13. The van der Waals surface area contributed by atoms with Gasteiger partial charge in [0.25, 0.3) is 5.91 Å². The predicted octanol–water partition coefficient (Wildman–Crippen LogP) is 5.20. The summed E-state index contributed by atoms with van der Waals surface area (Å²) in [4.78, 5) is 32.6. The van der Waals surface area contributed by atoms with Crippen LogP contribution in [0.15, 0.2) is 72.9 Å². The molecule has 1 heterocycles. The van der Waals surface area contributed by atoms with Gasteiger partial charge in [0, 0.05) is 23.5 Å². The van der Waals surface area contributed by atoms with Crippen LogP contribution < -0.4 is 10.2 Å². The number of nitrogens with zero attached hydrogens (tertiary/aromatic N) is 2. The van der Waals surface area contributed by atoms with Crippen LogP contribution in [0, 0.1) is 11.6 Å². The molecule has 0 spiro atoms. The number of aromatic nitrogens is 1. The maximum absolute atomic E-state index is 15.0. The number of nitrogens with one attached hydrogen (secondary N) is 1. The molecular weight excluding hydrogens is 424 g/mol. The largest absolute Gasteiger partial charge is 0.351 e. The SMILES string of the molecule is O=C(NC1CCCCC1)[C@@H](c1ccccc1F)N(C(=O)c1ccccn1)c1ccc(F)cc1. The van der Waals surface area contributed by atoms with Gasteiger partial charge in [0.15, 0.2) is 0 Å². The molecule has 2 amide bonds. The molecule has 170 valence electrons. The number of amides is 2. The van der Waals surface area contributed by atoms with Crippen LogP contribution in [0.1, 0.15) is 54.2 Å². The van der Waals surface area contributed by atoms with Crippen molar-refractivity contribution in [2.45, 2.75) is 44.2 Å². The van der Waals surface area contributed by atoms with Crippen LogP contribution in [0.2, 0.25) is 0 Å². The molecule has 1 N–H and O–H groups in total. The first-order valence-corrected chi connectivity index (χ1v) is 11.1. The number of rotatable bonds is 6. The summed E-state index contributed by atoms with van der Waals surface area (Å²) in [6, 6.07) is 14.6. The van der Waals surface area contributed by atoms with Crippen LogP contribution in [0.5, 0.6) is 0 Å². The summed E-state index contributed by atoms with van der Waals surface area (Å²) < 4.78 is 28.7. The molecule has 1 aliphatic rings. The molecule has 1 saturated carbocycles. The highest BCUT2D eigenvalue weighted by molar-refractivity contribution is 6.09. The molecule has 0 bridgehead atoms. The first kappa shape index (κ1) is 22.6. The molecule has 1 fully saturated rings. The summed E-state index contributed by atoms with van der Waals surface area (Å²) in [6.07, 6.45) is 6.26. The fraction of sp³-hybridized carbons (Fsp3) is 0.269. The quantitative estimate of drug-likeness (QED) is 0.563. The van der Waals surface area contributed by atoms with Crippen molar-refractivity contribution in [2.75, 3.05) is 4.90 Å². The fourth-order valence-electron chi connectivity index (χ4n) is 4.22. The van der Waals surface area contributed by atoms with Gasteiger partial charge in [-0.15, -0.1) is 0 Å². The van der Waals surface area contributed by atoms with E-state index in [2.05, 4.69) is 10.3 Å². The number of hydrogen-bond acceptors (Lipinski definition) is 3. The van der Waals surface area contributed by atoms with E-state index in [1.807, 2.05) is 0 Å². The number of benzene rings is 2. The molecule has 1 aromatic heterocycles. The van der Waals surface area contributed by atoms with E-state index in [1.165, 1.54) is 59.6 Å². The van der Waals surface area contributed by atoms with Gasteiger partial charge in [-0.05, 0) is 55.3 Å². The maximum Gasteiger partial charge on any atom is 0.277 e. The highest BCUT2D eigenvalue weighted by Crippen LogP contribution is 2.32. The van der Waals surface area contributed by atoms with Crippen molar-refractivity contribution in [3.05, 3.63) is 95.8 Å². The van der Waals surface area contributed by atoms with E-state index < -0.39 is 29.5 Å². The second-order valence-corrected chi connectivity index (χ2v) is 8.13. The van der Waals surface area contributed by atoms with Crippen LogP contribution >= 0.6 is 0 Å². The van der Waals surface area contributed by atoms with Crippen molar-refractivity contribution in [3.63, 3.8) is 0 Å². The molecular formula is C26H25F2N3O2. The minimum absolute atomic E-state index is 0.0412. The first-order chi connectivity index (χ1) is 16.0. The zero-order valence-corrected chi connectivity index (χ0v) is 18.1. The number of anilines is 1. The summed E-state index contributed by atoms with van der Waals surface area (Å²) >= 11 is 0. The molecule has 0 unspecified atom stereocenters. The molecule has 2 aromatic carbocycles. The topological polar surface area (TPSA) is 62.3 Å². The standard InChI is InChI=1S/C26H25F2N3O2/c27-18-13-15-20(16-14-18)31(26(33)23-12-6-7-17-29-23)24(21-10-4-5-11-22(21)28)25(32)30-19-8-2-1-3-9-19/h4-7,10-17,19,24H,1-3,8-9H2,(H,30,32)/t24-/m1/s1. The van der Waals surface area contributed by atoms with E-state index in [-0.39, 0.29) is 23.0 Å². The lowest BCUT2D eigenvalue weighted by atomic mass is 9.94. The van der Waals surface area contributed by atoms with Crippen LogP contribution in [-0.4, -0.2) is 22.8 Å². The van der Waals surface area contributed by atoms with Gasteiger partial charge in [0.1, 0.15) is 23.4 Å². The number of halogens is 2. The van der Waals surface area contributed by atoms with Gasteiger partial charge in [0.2, 0.25) is 5.91 Å². The Morgan fingerprint density at radius 2 is 1.61 bits per heavy atom. The van der Waals surface area contributed by atoms with Gasteiger partial charge >= 0.3 is 0 Å². The molecule has 4 rings (SSSR count). The van der Waals surface area contributed by atoms with E-state index in [0.717, 1.165) is 32.1 Å². The van der Waals surface area contributed by atoms with Crippen LogP contribution in [-0.2, 0) is 4.79 Å². The van der Waals surface area contributed by atoms with Gasteiger partial charge in [0.05, 0.1) is 0 Å². The smallest absolute Gasteiger partial charge is 0.277 e. The Morgan fingerprint density at radius 3 is 2.27 bits per heavy atom. The summed E-state index contributed by atoms with van der Waals surface area (Å²) in [6.45, 7) is 0. The van der Waals surface area contributed by atoms with Crippen LogP contribution in [0.25, 0.3) is 0 Å². The Morgan fingerprint density at radius 1 is 0.909 bits per heavy atom. The molecule has 0 radical (unpaired) electrons. The predicted molar refractivity (Wildman–Crippen MR) is 122 cm³/mol. The Labute approximate surface area is 191 Å². The molecule has 1 aliphatic carbocycles. The zero-order valence-electron chi connectivity index (χ0n) is 18.1. The molecule has 33 heavy (non-hydrogen) atoms. The number of hydrogen-bond donors (Lipinski definition) is 1. The van der Waals surface area contributed by atoms with E-state index in [9.17, 15) is 18.4 Å². The lowest BCUT2D eigenvalue weighted by molar-refractivity contribution is -0.123. The first-order valence-electron chi connectivity index (χ1n) is 11.1. The summed E-state index contributed by atoms with van der Waals surface area (Å²) in [5.41, 5.74) is 0.409. The molecule has 0 aliphatic heterocycles. The number of pyridine rings is 1. The second kappa shape index (κ2) is 10.3. The highest BCUT2D eigenvalue weighted by atomic mass is 19.1. The van der Waals surface area contributed by atoms with Gasteiger partial charge < -0.3 is 5.32 Å². The van der Waals surface area contributed by atoms with Gasteiger partial charge in [-0.25, -0.2) is 8.78 Å². The zero-order chi connectivity index (χ0) is 23.2. The van der Waals surface area contributed by atoms with Crippen molar-refractivity contribution < 1.29 is 18.4 Å². The maximum atomic E-state index is 15.0. The normalized spacial score (nSPS) is 15.0. The minimum atomic E-state index is -1.30. The van der Waals surface area contributed by atoms with E-state index in [0.29, 0.717) is 0 Å². The van der Waals surface area contributed by atoms with E-state index in [4.69, 9.17) is 0 Å². The van der Waals surface area contributed by atoms with Crippen LogP contribution in [0.3, 0.4) is 0 Å². The van der Waals surface area contributed by atoms with Gasteiger partial charge in [-0.1, -0.05) is 43.5 Å².